The summed E-state index contributed by atoms with van der Waals surface area (Å²) in [5.74, 6) is -1.02. The number of carbonyl (C=O) groups is 1. The van der Waals surface area contributed by atoms with E-state index in [0.29, 0.717) is 0 Å². The number of nitrogens with one attached hydrogen (secondary N) is 2. The van der Waals surface area contributed by atoms with E-state index in [9.17, 15) is 18.0 Å². The van der Waals surface area contributed by atoms with Gasteiger partial charge in [0.1, 0.15) is 11.6 Å². The molecule has 0 aromatic heterocycles. The van der Waals surface area contributed by atoms with Crippen molar-refractivity contribution in [3.63, 3.8) is 0 Å². The number of halogens is 3. The van der Waals surface area contributed by atoms with Gasteiger partial charge in [-0.05, 0) is 25.0 Å². The summed E-state index contributed by atoms with van der Waals surface area (Å²) in [6.07, 6.45) is 1.62. The minimum atomic E-state index is -3.08. The van der Waals surface area contributed by atoms with Crippen LogP contribution < -0.4 is 15.4 Å². The molecular formula is C13H15F3N2O3. The van der Waals surface area contributed by atoms with Crippen LogP contribution in [0, 0.1) is 11.2 Å². The molecule has 1 aromatic rings. The van der Waals surface area contributed by atoms with Gasteiger partial charge in [-0.3, -0.25) is 0 Å². The van der Waals surface area contributed by atoms with Crippen LogP contribution >= 0.6 is 0 Å². The molecule has 3 N–H and O–H groups in total. The Morgan fingerprint density at radius 1 is 1.43 bits per heavy atom. The van der Waals surface area contributed by atoms with Crippen molar-refractivity contribution in [1.29, 1.82) is 0 Å². The number of aliphatic hydroxyl groups excluding tert-OH is 1. The summed E-state index contributed by atoms with van der Waals surface area (Å²) in [5.41, 5.74) is -0.483. The van der Waals surface area contributed by atoms with Gasteiger partial charge in [0.2, 0.25) is 0 Å². The van der Waals surface area contributed by atoms with E-state index in [0.717, 1.165) is 31.0 Å². The molecule has 1 aromatic carbocycles. The monoisotopic (exact) mass is 304 g/mol. The van der Waals surface area contributed by atoms with Crippen LogP contribution in [0.1, 0.15) is 12.8 Å². The summed E-state index contributed by atoms with van der Waals surface area (Å²) in [7, 11) is 0. The largest absolute Gasteiger partial charge is 0.433 e. The lowest BCUT2D eigenvalue weighted by Crippen LogP contribution is -2.35. The highest BCUT2D eigenvalue weighted by molar-refractivity contribution is 5.90. The van der Waals surface area contributed by atoms with Gasteiger partial charge in [0.25, 0.3) is 0 Å². The van der Waals surface area contributed by atoms with Crippen LogP contribution in [0.4, 0.5) is 23.7 Å². The van der Waals surface area contributed by atoms with Crippen molar-refractivity contribution in [2.45, 2.75) is 19.5 Å². The number of anilines is 1. The molecule has 2 rings (SSSR count). The standard InChI is InChI=1S/C13H15F3N2O3/c14-8-1-2-10(21-11(15)16)9(5-8)18-12(20)17-6-13(7-19)3-4-13/h1-2,5,11,19H,3-4,6-7H2,(H2,17,18,20). The minimum Gasteiger partial charge on any atom is -0.433 e. The predicted molar refractivity (Wildman–Crippen MR) is 68.8 cm³/mol. The fraction of sp³-hybridized carbons (Fsp3) is 0.462. The van der Waals surface area contributed by atoms with E-state index in [4.69, 9.17) is 5.11 Å². The molecule has 0 heterocycles. The number of urea groups is 1. The maximum Gasteiger partial charge on any atom is 0.387 e. The van der Waals surface area contributed by atoms with Crippen LogP contribution in [0.3, 0.4) is 0 Å². The lowest BCUT2D eigenvalue weighted by atomic mass is 10.1. The van der Waals surface area contributed by atoms with Crippen LogP contribution in [0.15, 0.2) is 18.2 Å². The zero-order chi connectivity index (χ0) is 15.5. The van der Waals surface area contributed by atoms with Crippen LogP contribution in [0.5, 0.6) is 5.75 Å². The van der Waals surface area contributed by atoms with E-state index >= 15 is 0 Å². The maximum absolute atomic E-state index is 13.1. The van der Waals surface area contributed by atoms with Crippen LogP contribution in [-0.4, -0.2) is 30.9 Å². The average molecular weight is 304 g/mol. The number of alkyl halides is 2. The molecule has 5 nitrogen and oxygen atoms in total. The first kappa shape index (κ1) is 15.4. The number of aliphatic hydroxyl groups is 1. The van der Waals surface area contributed by atoms with Crippen LogP contribution in [0.25, 0.3) is 0 Å². The van der Waals surface area contributed by atoms with E-state index in [2.05, 4.69) is 15.4 Å². The molecular weight excluding hydrogens is 289 g/mol. The van der Waals surface area contributed by atoms with Gasteiger partial charge in [0.15, 0.2) is 0 Å². The first-order valence-corrected chi connectivity index (χ1v) is 6.34. The first-order chi connectivity index (χ1) is 9.94. The molecule has 0 atom stereocenters. The minimum absolute atomic E-state index is 0.0347. The predicted octanol–water partition coefficient (Wildman–Crippen LogP) is 2.32. The summed E-state index contributed by atoms with van der Waals surface area (Å²) in [4.78, 5) is 11.7. The molecule has 0 radical (unpaired) electrons. The van der Waals surface area contributed by atoms with Gasteiger partial charge in [-0.15, -0.1) is 0 Å². The third kappa shape index (κ3) is 4.25. The SMILES string of the molecule is O=C(NCC1(CO)CC1)Nc1cc(F)ccc1OC(F)F. The van der Waals surface area contributed by atoms with E-state index < -0.39 is 18.5 Å². The Morgan fingerprint density at radius 2 is 2.14 bits per heavy atom. The Labute approximate surface area is 119 Å². The number of rotatable bonds is 6. The number of hydrogen-bond acceptors (Lipinski definition) is 3. The molecule has 21 heavy (non-hydrogen) atoms. The fourth-order valence-electron chi connectivity index (χ4n) is 1.80. The molecule has 2 amide bonds. The molecule has 1 aliphatic rings. The molecule has 8 heteroatoms. The Morgan fingerprint density at radius 3 is 2.71 bits per heavy atom. The van der Waals surface area contributed by atoms with Gasteiger partial charge in [0.05, 0.1) is 12.3 Å². The second-order valence-electron chi connectivity index (χ2n) is 4.98. The topological polar surface area (TPSA) is 70.6 Å². The van der Waals surface area contributed by atoms with Gasteiger partial charge >= 0.3 is 12.6 Å². The number of ether oxygens (including phenoxy) is 1. The zero-order valence-electron chi connectivity index (χ0n) is 11.0. The molecule has 0 spiro atoms. The normalized spacial score (nSPS) is 15.7. The van der Waals surface area contributed by atoms with Crippen molar-refractivity contribution in [1.82, 2.24) is 5.32 Å². The van der Waals surface area contributed by atoms with E-state index in [1.807, 2.05) is 0 Å². The van der Waals surface area contributed by atoms with Gasteiger partial charge in [0, 0.05) is 18.0 Å². The number of hydrogen-bond donors (Lipinski definition) is 3. The summed E-state index contributed by atoms with van der Waals surface area (Å²) >= 11 is 0. The van der Waals surface area contributed by atoms with E-state index in [-0.39, 0.29) is 30.0 Å². The zero-order valence-corrected chi connectivity index (χ0v) is 11.0. The molecule has 0 saturated heterocycles. The second-order valence-corrected chi connectivity index (χ2v) is 4.98. The van der Waals surface area contributed by atoms with Gasteiger partial charge in [-0.2, -0.15) is 8.78 Å². The second kappa shape index (κ2) is 6.21. The lowest BCUT2D eigenvalue weighted by Gasteiger charge is -2.15. The van der Waals surface area contributed by atoms with Crippen molar-refractivity contribution < 1.29 is 27.8 Å². The molecule has 1 saturated carbocycles. The van der Waals surface area contributed by atoms with Gasteiger partial charge in [-0.25, -0.2) is 9.18 Å². The molecule has 0 bridgehead atoms. The smallest absolute Gasteiger partial charge is 0.387 e. The van der Waals surface area contributed by atoms with Crippen molar-refractivity contribution in [2.24, 2.45) is 5.41 Å². The average Bonchev–Trinajstić information content (AvgIpc) is 3.20. The van der Waals surface area contributed by atoms with Crippen molar-refractivity contribution >= 4 is 11.7 Å². The summed E-state index contributed by atoms with van der Waals surface area (Å²) < 4.78 is 41.8. The fourth-order valence-corrected chi connectivity index (χ4v) is 1.80. The molecule has 116 valence electrons. The number of amides is 2. The lowest BCUT2D eigenvalue weighted by molar-refractivity contribution is -0.0494. The van der Waals surface area contributed by atoms with Gasteiger partial charge < -0.3 is 20.5 Å². The highest BCUT2D eigenvalue weighted by Gasteiger charge is 2.42. The molecule has 1 fully saturated rings. The quantitative estimate of drug-likeness (QED) is 0.755. The summed E-state index contributed by atoms with van der Waals surface area (Å²) in [6, 6.07) is 2.16. The molecule has 0 aliphatic heterocycles. The third-order valence-corrected chi connectivity index (χ3v) is 3.32. The Hall–Kier alpha value is -1.96. The van der Waals surface area contributed by atoms with Gasteiger partial charge in [-0.1, -0.05) is 0 Å². The summed E-state index contributed by atoms with van der Waals surface area (Å²) in [5, 5.41) is 13.9. The van der Waals surface area contributed by atoms with E-state index in [1.165, 1.54) is 0 Å². The van der Waals surface area contributed by atoms with E-state index in [1.54, 1.807) is 0 Å². The summed E-state index contributed by atoms with van der Waals surface area (Å²) in [6.45, 7) is -2.86. The third-order valence-electron chi connectivity index (χ3n) is 3.32. The maximum atomic E-state index is 13.1. The van der Waals surface area contributed by atoms with Crippen molar-refractivity contribution in [3.05, 3.63) is 24.0 Å². The first-order valence-electron chi connectivity index (χ1n) is 6.34. The molecule has 1 aliphatic carbocycles. The Bertz CT molecular complexity index is 521. The Kier molecular flexibility index (Phi) is 4.56. The van der Waals surface area contributed by atoms with Crippen LogP contribution in [-0.2, 0) is 0 Å². The molecule has 0 unspecified atom stereocenters. The number of carbonyl (C=O) groups excluding carboxylic acids is 1. The highest BCUT2D eigenvalue weighted by atomic mass is 19.3. The Balaban J connectivity index is 1.97. The van der Waals surface area contributed by atoms with Crippen molar-refractivity contribution in [2.75, 3.05) is 18.5 Å². The number of benzene rings is 1. The van der Waals surface area contributed by atoms with Crippen LogP contribution in [0.2, 0.25) is 0 Å². The van der Waals surface area contributed by atoms with Crippen molar-refractivity contribution in [3.8, 4) is 5.75 Å². The highest BCUT2D eigenvalue weighted by Crippen LogP contribution is 2.44.